The fraction of sp³-hybridized carbons (Fsp3) is 0.333. The van der Waals surface area contributed by atoms with Crippen molar-refractivity contribution in [2.75, 3.05) is 0 Å². The first-order valence-electron chi connectivity index (χ1n) is 9.67. The maximum Gasteiger partial charge on any atom is -1.00 e. The molecule has 0 saturated carbocycles. The predicted molar refractivity (Wildman–Crippen MR) is 103 cm³/mol. The van der Waals surface area contributed by atoms with E-state index in [0.29, 0.717) is 11.8 Å². The van der Waals surface area contributed by atoms with E-state index in [0.717, 1.165) is 5.92 Å². The SMILES string of the molecule is CC(C)CC1=Cc2ccccc2C1C1[C]([Hf+2]2[CH2][CH2]2)=Cc2ccccc21.[Cl-].[Cl-]. The van der Waals surface area contributed by atoms with Gasteiger partial charge in [-0.3, -0.25) is 0 Å². The van der Waals surface area contributed by atoms with Crippen LogP contribution in [0.15, 0.2) is 57.4 Å². The molecule has 1 fully saturated rings. The molecule has 3 aliphatic rings. The second-order valence-electron chi connectivity index (χ2n) is 8.23. The molecule has 2 aliphatic carbocycles. The molecule has 2 aromatic carbocycles. The largest absolute Gasteiger partial charge is 1.00 e. The van der Waals surface area contributed by atoms with E-state index < -0.39 is 21.4 Å². The van der Waals surface area contributed by atoms with Gasteiger partial charge in [-0.2, -0.15) is 0 Å². The summed E-state index contributed by atoms with van der Waals surface area (Å²) < 4.78 is 5.11. The number of hydrogen-bond acceptors (Lipinski definition) is 0. The van der Waals surface area contributed by atoms with Gasteiger partial charge in [0.15, 0.2) is 0 Å². The third-order valence-corrected chi connectivity index (χ3v) is 14.1. The first kappa shape index (κ1) is 21.1. The van der Waals surface area contributed by atoms with Crippen molar-refractivity contribution >= 4 is 12.2 Å². The predicted octanol–water partition coefficient (Wildman–Crippen LogP) is 0.828. The van der Waals surface area contributed by atoms with E-state index in [4.69, 9.17) is 0 Å². The molecule has 0 N–H and O–H groups in total. The quantitative estimate of drug-likeness (QED) is 0.485. The third-order valence-electron chi connectivity index (χ3n) is 5.93. The molecule has 0 radical (unpaired) electrons. The van der Waals surface area contributed by atoms with Crippen molar-refractivity contribution in [2.24, 2.45) is 5.92 Å². The van der Waals surface area contributed by atoms with Crippen LogP contribution in [0, 0.1) is 5.92 Å². The van der Waals surface area contributed by atoms with E-state index in [1.54, 1.807) is 25.1 Å². The fourth-order valence-corrected chi connectivity index (χ4v) is 15.1. The van der Waals surface area contributed by atoms with Crippen LogP contribution in [0.5, 0.6) is 0 Å². The second-order valence-corrected chi connectivity index (χ2v) is 18.2. The van der Waals surface area contributed by atoms with Gasteiger partial charge in [-0.15, -0.1) is 0 Å². The van der Waals surface area contributed by atoms with Gasteiger partial charge in [0.1, 0.15) is 0 Å². The Labute approximate surface area is 183 Å². The maximum absolute atomic E-state index is 2.61. The van der Waals surface area contributed by atoms with Crippen LogP contribution in [0.4, 0.5) is 0 Å². The van der Waals surface area contributed by atoms with Crippen molar-refractivity contribution in [3.63, 3.8) is 0 Å². The van der Waals surface area contributed by atoms with E-state index >= 15 is 0 Å². The Morgan fingerprint density at radius 3 is 1.96 bits per heavy atom. The van der Waals surface area contributed by atoms with Crippen molar-refractivity contribution in [2.45, 2.75) is 40.5 Å². The van der Waals surface area contributed by atoms with Gasteiger partial charge in [0, 0.05) is 0 Å². The maximum atomic E-state index is 2.61. The van der Waals surface area contributed by atoms with Crippen LogP contribution in [-0.4, -0.2) is 0 Å². The minimum Gasteiger partial charge on any atom is -1.00 e. The van der Waals surface area contributed by atoms with Gasteiger partial charge >= 0.3 is 160 Å². The minimum absolute atomic E-state index is 0. The van der Waals surface area contributed by atoms with Crippen LogP contribution in [0.25, 0.3) is 12.2 Å². The summed E-state index contributed by atoms with van der Waals surface area (Å²) in [5.41, 5.74) is 7.85. The summed E-state index contributed by atoms with van der Waals surface area (Å²) in [6.07, 6.45) is 6.36. The molecule has 1 saturated heterocycles. The smallest absolute Gasteiger partial charge is 1.00 e. The van der Waals surface area contributed by atoms with Gasteiger partial charge in [0.05, 0.1) is 0 Å². The molecular weight excluding hydrogens is 538 g/mol. The number of allylic oxidation sites excluding steroid dienone is 2. The van der Waals surface area contributed by atoms with Crippen molar-refractivity contribution in [3.8, 4) is 0 Å². The van der Waals surface area contributed by atoms with Gasteiger partial charge in [0.2, 0.25) is 0 Å². The Bertz CT molecular complexity index is 893. The zero-order chi connectivity index (χ0) is 17.0. The standard InChI is InChI=1S/C22H21.C2H4.2ClH.Hf/c1-15(2)13-18-14-17-8-4-6-10-20(17)22(18)21-12-11-16-7-3-5-9-19(16)21;1-2;;;/h3-11,14-15,21-22H,13H2,1-2H3;1-2H2;2*1H;/q;;;;+2/p-2. The van der Waals surface area contributed by atoms with Crippen molar-refractivity contribution < 1.29 is 46.3 Å². The van der Waals surface area contributed by atoms with Gasteiger partial charge in [-0.1, -0.05) is 0 Å². The molecule has 0 bridgehead atoms. The molecule has 0 amide bonds. The monoisotopic (exact) mass is 563 g/mol. The summed E-state index contributed by atoms with van der Waals surface area (Å²) in [6.45, 7) is 4.72. The first-order chi connectivity index (χ1) is 12.2. The molecule has 2 atom stereocenters. The van der Waals surface area contributed by atoms with Crippen molar-refractivity contribution in [1.82, 2.24) is 0 Å². The zero-order valence-electron chi connectivity index (χ0n) is 15.9. The average Bonchev–Trinajstić information content (AvgIpc) is 3.29. The molecule has 2 aromatic rings. The number of hydrogen-bond donors (Lipinski definition) is 0. The Morgan fingerprint density at radius 1 is 0.815 bits per heavy atom. The Hall–Kier alpha value is -0.630. The molecule has 1 aliphatic heterocycles. The third kappa shape index (κ3) is 3.80. The van der Waals surface area contributed by atoms with Crippen LogP contribution in [0.3, 0.4) is 0 Å². The molecule has 0 spiro atoms. The summed E-state index contributed by atoms with van der Waals surface area (Å²) in [5, 5.41) is 0. The molecular formula is C24H25Cl2Hf. The number of halogens is 2. The zero-order valence-corrected chi connectivity index (χ0v) is 21.0. The fourth-order valence-electron chi connectivity index (χ4n) is 4.85. The molecule has 27 heavy (non-hydrogen) atoms. The number of rotatable bonds is 4. The molecule has 1 heterocycles. The van der Waals surface area contributed by atoms with Crippen molar-refractivity contribution in [1.29, 1.82) is 0 Å². The van der Waals surface area contributed by atoms with Crippen LogP contribution < -0.4 is 24.8 Å². The topological polar surface area (TPSA) is 0 Å². The molecule has 139 valence electrons. The van der Waals surface area contributed by atoms with Gasteiger partial charge < -0.3 is 24.8 Å². The Morgan fingerprint density at radius 2 is 1.37 bits per heavy atom. The summed E-state index contributed by atoms with van der Waals surface area (Å²) in [7, 11) is 0. The van der Waals surface area contributed by atoms with Gasteiger partial charge in [-0.25, -0.2) is 0 Å². The molecule has 3 heteroatoms. The van der Waals surface area contributed by atoms with E-state index in [-0.39, 0.29) is 24.8 Å². The first-order valence-corrected chi connectivity index (χ1v) is 16.5. The van der Waals surface area contributed by atoms with Gasteiger partial charge in [0.25, 0.3) is 0 Å². The average molecular weight is 563 g/mol. The van der Waals surface area contributed by atoms with E-state index in [2.05, 4.69) is 74.5 Å². The van der Waals surface area contributed by atoms with Crippen LogP contribution in [0.1, 0.15) is 54.4 Å². The van der Waals surface area contributed by atoms with Crippen molar-refractivity contribution in [3.05, 3.63) is 79.7 Å². The Kier molecular flexibility index (Phi) is 6.56. The summed E-state index contributed by atoms with van der Waals surface area (Å²) in [4.78, 5) is 0. The Balaban J connectivity index is 0.00000105. The van der Waals surface area contributed by atoms with Crippen LogP contribution >= 0.6 is 0 Å². The summed E-state index contributed by atoms with van der Waals surface area (Å²) in [6, 6.07) is 18.4. The number of fused-ring (bicyclic) bond motifs is 2. The summed E-state index contributed by atoms with van der Waals surface area (Å²) >= 11 is -1.39. The minimum atomic E-state index is -1.39. The molecule has 5 rings (SSSR count). The van der Waals surface area contributed by atoms with E-state index in [1.165, 1.54) is 17.5 Å². The molecule has 0 aromatic heterocycles. The molecule has 2 unspecified atom stereocenters. The summed E-state index contributed by atoms with van der Waals surface area (Å²) in [5.74, 6) is 1.96. The second kappa shape index (κ2) is 8.39. The molecule has 0 nitrogen and oxygen atoms in total. The van der Waals surface area contributed by atoms with Gasteiger partial charge in [-0.05, 0) is 0 Å². The van der Waals surface area contributed by atoms with Crippen LogP contribution in [0.2, 0.25) is 8.35 Å². The normalized spacial score (nSPS) is 21.7. The van der Waals surface area contributed by atoms with E-state index in [9.17, 15) is 0 Å². The van der Waals surface area contributed by atoms with E-state index in [1.807, 2.05) is 3.33 Å². The van der Waals surface area contributed by atoms with Crippen LogP contribution in [-0.2, 0) is 21.4 Å². The number of benzene rings is 2.